The summed E-state index contributed by atoms with van der Waals surface area (Å²) in [6.07, 6.45) is 3.70. The van der Waals surface area contributed by atoms with Crippen molar-refractivity contribution in [2.75, 3.05) is 5.75 Å². The zero-order chi connectivity index (χ0) is 12.8. The topological polar surface area (TPSA) is 44.9 Å². The number of aromatic amines is 1. The van der Waals surface area contributed by atoms with Crippen molar-refractivity contribution >= 4 is 29.3 Å². The van der Waals surface area contributed by atoms with E-state index in [1.807, 2.05) is 42.7 Å². The van der Waals surface area contributed by atoms with Gasteiger partial charge in [0.2, 0.25) is 5.91 Å². The fourth-order valence-corrected chi connectivity index (χ4v) is 2.25. The molecule has 0 radical (unpaired) electrons. The first kappa shape index (κ1) is 13.1. The van der Waals surface area contributed by atoms with Gasteiger partial charge in [0.05, 0.1) is 5.75 Å². The van der Waals surface area contributed by atoms with Crippen LogP contribution in [0.25, 0.3) is 0 Å². The summed E-state index contributed by atoms with van der Waals surface area (Å²) in [4.78, 5) is 15.6. The monoisotopic (exact) mass is 280 g/mol. The van der Waals surface area contributed by atoms with Crippen LogP contribution in [0.3, 0.4) is 0 Å². The van der Waals surface area contributed by atoms with Gasteiger partial charge in [-0.25, -0.2) is 0 Å². The standard InChI is InChI=1S/C13H13ClN2OS/c14-11-1-3-12(4-2-11)18-9-13(17)16-8-10-5-6-15-7-10/h1-7,15H,8-9H2,(H,16,17). The van der Waals surface area contributed by atoms with Gasteiger partial charge in [-0.15, -0.1) is 11.8 Å². The Morgan fingerprint density at radius 1 is 1.28 bits per heavy atom. The van der Waals surface area contributed by atoms with Crippen LogP contribution in [-0.4, -0.2) is 16.6 Å². The van der Waals surface area contributed by atoms with E-state index >= 15 is 0 Å². The Morgan fingerprint density at radius 2 is 2.06 bits per heavy atom. The fourth-order valence-electron chi connectivity index (χ4n) is 1.40. The van der Waals surface area contributed by atoms with E-state index in [1.54, 1.807) is 0 Å². The van der Waals surface area contributed by atoms with Crippen LogP contribution in [0.1, 0.15) is 5.56 Å². The summed E-state index contributed by atoms with van der Waals surface area (Å²) in [5.74, 6) is 0.433. The van der Waals surface area contributed by atoms with Crippen molar-refractivity contribution in [3.8, 4) is 0 Å². The molecule has 3 nitrogen and oxygen atoms in total. The minimum atomic E-state index is 0.0242. The number of carbonyl (C=O) groups is 1. The SMILES string of the molecule is O=C(CSc1ccc(Cl)cc1)NCc1cc[nH]c1. The van der Waals surface area contributed by atoms with Crippen LogP contribution in [0.4, 0.5) is 0 Å². The highest BCUT2D eigenvalue weighted by Crippen LogP contribution is 2.19. The molecule has 2 aromatic rings. The van der Waals surface area contributed by atoms with Gasteiger partial charge in [0.25, 0.3) is 0 Å². The summed E-state index contributed by atoms with van der Waals surface area (Å²) < 4.78 is 0. The molecule has 1 heterocycles. The molecule has 0 aliphatic rings. The molecule has 5 heteroatoms. The van der Waals surface area contributed by atoms with Gasteiger partial charge in [0.1, 0.15) is 0 Å². The Balaban J connectivity index is 1.73. The summed E-state index contributed by atoms with van der Waals surface area (Å²) >= 11 is 7.29. The molecule has 0 bridgehead atoms. The van der Waals surface area contributed by atoms with E-state index in [0.717, 1.165) is 10.5 Å². The second-order valence-electron chi connectivity index (χ2n) is 3.74. The van der Waals surface area contributed by atoms with Gasteiger partial charge in [-0.3, -0.25) is 4.79 Å². The van der Waals surface area contributed by atoms with E-state index < -0.39 is 0 Å². The number of amides is 1. The zero-order valence-corrected chi connectivity index (χ0v) is 11.2. The number of benzene rings is 1. The molecule has 0 saturated carbocycles. The van der Waals surface area contributed by atoms with Crippen LogP contribution < -0.4 is 5.32 Å². The van der Waals surface area contributed by atoms with E-state index in [1.165, 1.54) is 11.8 Å². The molecule has 2 rings (SSSR count). The normalized spacial score (nSPS) is 10.3. The summed E-state index contributed by atoms with van der Waals surface area (Å²) in [6, 6.07) is 9.40. The molecule has 2 N–H and O–H groups in total. The quantitative estimate of drug-likeness (QED) is 0.827. The number of aromatic nitrogens is 1. The molecule has 0 spiro atoms. The van der Waals surface area contributed by atoms with Crippen molar-refractivity contribution < 1.29 is 4.79 Å². The van der Waals surface area contributed by atoms with Crippen LogP contribution in [0.2, 0.25) is 5.02 Å². The Kier molecular flexibility index (Phi) is 4.73. The average Bonchev–Trinajstić information content (AvgIpc) is 2.89. The van der Waals surface area contributed by atoms with Gasteiger partial charge in [0.15, 0.2) is 0 Å². The van der Waals surface area contributed by atoms with Crippen molar-refractivity contribution in [3.63, 3.8) is 0 Å². The minimum absolute atomic E-state index is 0.0242. The average molecular weight is 281 g/mol. The zero-order valence-electron chi connectivity index (χ0n) is 9.65. The lowest BCUT2D eigenvalue weighted by molar-refractivity contribution is -0.118. The Bertz CT molecular complexity index is 496. The third-order valence-corrected chi connectivity index (χ3v) is 3.60. The number of nitrogens with one attached hydrogen (secondary N) is 2. The minimum Gasteiger partial charge on any atom is -0.367 e. The first-order valence-corrected chi connectivity index (χ1v) is 6.87. The van der Waals surface area contributed by atoms with Gasteiger partial charge in [-0.2, -0.15) is 0 Å². The molecule has 0 atom stereocenters. The van der Waals surface area contributed by atoms with Crippen molar-refractivity contribution in [1.29, 1.82) is 0 Å². The predicted molar refractivity (Wildman–Crippen MR) is 74.8 cm³/mol. The first-order chi connectivity index (χ1) is 8.74. The largest absolute Gasteiger partial charge is 0.367 e. The highest BCUT2D eigenvalue weighted by molar-refractivity contribution is 8.00. The molecule has 0 fully saturated rings. The molecule has 94 valence electrons. The van der Waals surface area contributed by atoms with Crippen LogP contribution >= 0.6 is 23.4 Å². The highest BCUT2D eigenvalue weighted by Gasteiger charge is 2.03. The molecule has 1 aromatic heterocycles. The number of hydrogen-bond acceptors (Lipinski definition) is 2. The second-order valence-corrected chi connectivity index (χ2v) is 5.22. The van der Waals surface area contributed by atoms with Crippen molar-refractivity contribution in [2.45, 2.75) is 11.4 Å². The van der Waals surface area contributed by atoms with Crippen molar-refractivity contribution in [1.82, 2.24) is 10.3 Å². The van der Waals surface area contributed by atoms with Gasteiger partial charge in [-0.1, -0.05) is 11.6 Å². The lowest BCUT2D eigenvalue weighted by Gasteiger charge is -2.04. The van der Waals surface area contributed by atoms with Gasteiger partial charge < -0.3 is 10.3 Å². The molecule has 0 unspecified atom stereocenters. The third-order valence-electron chi connectivity index (χ3n) is 2.34. The van der Waals surface area contributed by atoms with Gasteiger partial charge >= 0.3 is 0 Å². The molecule has 0 saturated heterocycles. The van der Waals surface area contributed by atoms with Gasteiger partial charge in [0, 0.05) is 28.9 Å². The van der Waals surface area contributed by atoms with Crippen LogP contribution in [0, 0.1) is 0 Å². The maximum absolute atomic E-state index is 11.6. The predicted octanol–water partition coefficient (Wildman–Crippen LogP) is 3.08. The lowest BCUT2D eigenvalue weighted by atomic mass is 10.3. The summed E-state index contributed by atoms with van der Waals surface area (Å²) in [5, 5.41) is 3.57. The maximum atomic E-state index is 11.6. The Morgan fingerprint density at radius 3 is 2.72 bits per heavy atom. The Labute approximate surface area is 115 Å². The van der Waals surface area contributed by atoms with Crippen LogP contribution in [0.15, 0.2) is 47.6 Å². The molecular formula is C13H13ClN2OS. The Hall–Kier alpha value is -1.39. The van der Waals surface area contributed by atoms with E-state index in [4.69, 9.17) is 11.6 Å². The van der Waals surface area contributed by atoms with E-state index in [-0.39, 0.29) is 5.91 Å². The first-order valence-electron chi connectivity index (χ1n) is 5.51. The molecule has 0 aliphatic carbocycles. The third kappa shape index (κ3) is 4.13. The summed E-state index contributed by atoms with van der Waals surface area (Å²) in [7, 11) is 0. The molecular weight excluding hydrogens is 268 g/mol. The number of rotatable bonds is 5. The number of halogens is 1. The van der Waals surface area contributed by atoms with E-state index in [0.29, 0.717) is 17.3 Å². The second kappa shape index (κ2) is 6.52. The molecule has 1 amide bonds. The fraction of sp³-hybridized carbons (Fsp3) is 0.154. The van der Waals surface area contributed by atoms with Gasteiger partial charge in [-0.05, 0) is 35.9 Å². The van der Waals surface area contributed by atoms with E-state index in [9.17, 15) is 4.79 Å². The van der Waals surface area contributed by atoms with Crippen LogP contribution in [-0.2, 0) is 11.3 Å². The number of thioether (sulfide) groups is 1. The number of carbonyl (C=O) groups excluding carboxylic acids is 1. The maximum Gasteiger partial charge on any atom is 0.230 e. The summed E-state index contributed by atoms with van der Waals surface area (Å²) in [5.41, 5.74) is 1.07. The lowest BCUT2D eigenvalue weighted by Crippen LogP contribution is -2.24. The molecule has 0 aliphatic heterocycles. The van der Waals surface area contributed by atoms with E-state index in [2.05, 4.69) is 10.3 Å². The summed E-state index contributed by atoms with van der Waals surface area (Å²) in [6.45, 7) is 0.559. The number of H-pyrrole nitrogens is 1. The van der Waals surface area contributed by atoms with Crippen LogP contribution in [0.5, 0.6) is 0 Å². The van der Waals surface area contributed by atoms with Crippen molar-refractivity contribution in [3.05, 3.63) is 53.3 Å². The smallest absolute Gasteiger partial charge is 0.230 e. The molecule has 1 aromatic carbocycles. The highest BCUT2D eigenvalue weighted by atomic mass is 35.5. The molecule has 18 heavy (non-hydrogen) atoms. The van der Waals surface area contributed by atoms with Crippen molar-refractivity contribution in [2.24, 2.45) is 0 Å². The number of hydrogen-bond donors (Lipinski definition) is 2.